The summed E-state index contributed by atoms with van der Waals surface area (Å²) in [4.78, 5) is 9.70. The first-order valence-corrected chi connectivity index (χ1v) is 11.3. The van der Waals surface area contributed by atoms with Crippen LogP contribution in [0.15, 0.2) is 29.3 Å². The van der Waals surface area contributed by atoms with Crippen LogP contribution in [-0.4, -0.2) is 81.0 Å². The Kier molecular flexibility index (Phi) is 9.54. The lowest BCUT2D eigenvalue weighted by Crippen LogP contribution is -2.52. The quantitative estimate of drug-likeness (QED) is 0.396. The number of nitrogens with zero attached hydrogens (tertiary/aromatic N) is 3. The fourth-order valence-electron chi connectivity index (χ4n) is 3.73. The third-order valence-electron chi connectivity index (χ3n) is 5.41. The Bertz CT molecular complexity index is 612. The highest BCUT2D eigenvalue weighted by molar-refractivity contribution is 6.30. The molecule has 162 valence electrons. The van der Waals surface area contributed by atoms with E-state index in [4.69, 9.17) is 26.1 Å². The molecule has 1 aromatic carbocycles. The van der Waals surface area contributed by atoms with Crippen LogP contribution in [0.5, 0.6) is 0 Å². The fraction of sp³-hybridized carbons (Fsp3) is 0.682. The molecule has 0 spiro atoms. The molecule has 2 heterocycles. The van der Waals surface area contributed by atoms with Crippen LogP contribution in [0, 0.1) is 0 Å². The maximum Gasteiger partial charge on any atom is 0.194 e. The monoisotopic (exact) mass is 422 g/mol. The molecule has 0 amide bonds. The number of halogens is 1. The van der Waals surface area contributed by atoms with Gasteiger partial charge < -0.3 is 19.7 Å². The first-order chi connectivity index (χ1) is 14.2. The summed E-state index contributed by atoms with van der Waals surface area (Å²) in [5, 5.41) is 4.24. The molecule has 0 saturated carbocycles. The van der Waals surface area contributed by atoms with E-state index < -0.39 is 0 Å². The number of benzene rings is 1. The summed E-state index contributed by atoms with van der Waals surface area (Å²) < 4.78 is 11.3. The molecule has 0 aliphatic carbocycles. The van der Waals surface area contributed by atoms with Crippen molar-refractivity contribution < 1.29 is 9.47 Å². The molecule has 0 radical (unpaired) electrons. The maximum atomic E-state index is 5.99. The normalized spacial score (nSPS) is 19.5. The molecule has 3 rings (SSSR count). The molecule has 7 heteroatoms. The Balaban J connectivity index is 1.38. The number of aliphatic imine (C=N–C) groups is 1. The predicted octanol–water partition coefficient (Wildman–Crippen LogP) is 3.01. The number of hydrogen-bond donors (Lipinski definition) is 1. The number of rotatable bonds is 8. The summed E-state index contributed by atoms with van der Waals surface area (Å²) in [6.45, 7) is 11.3. The molecule has 2 aliphatic rings. The third-order valence-corrected chi connectivity index (χ3v) is 5.66. The smallest absolute Gasteiger partial charge is 0.194 e. The van der Waals surface area contributed by atoms with Gasteiger partial charge >= 0.3 is 0 Å². The van der Waals surface area contributed by atoms with E-state index in [1.54, 1.807) is 0 Å². The van der Waals surface area contributed by atoms with Crippen LogP contribution >= 0.6 is 11.6 Å². The minimum absolute atomic E-state index is 0.370. The van der Waals surface area contributed by atoms with Crippen molar-refractivity contribution in [3.05, 3.63) is 34.9 Å². The zero-order chi connectivity index (χ0) is 20.3. The van der Waals surface area contributed by atoms with E-state index in [1.807, 2.05) is 12.1 Å². The van der Waals surface area contributed by atoms with Crippen LogP contribution in [-0.2, 0) is 16.0 Å². The molecular formula is C22H35ClN4O2. The van der Waals surface area contributed by atoms with Gasteiger partial charge in [0, 0.05) is 70.7 Å². The van der Waals surface area contributed by atoms with Crippen LogP contribution < -0.4 is 5.32 Å². The van der Waals surface area contributed by atoms with Gasteiger partial charge in [0.2, 0.25) is 0 Å². The fourth-order valence-corrected chi connectivity index (χ4v) is 3.86. The topological polar surface area (TPSA) is 49.3 Å². The lowest BCUT2D eigenvalue weighted by molar-refractivity contribution is -0.0318. The van der Waals surface area contributed by atoms with Gasteiger partial charge in [-0.1, -0.05) is 23.7 Å². The van der Waals surface area contributed by atoms with Crippen LogP contribution in [0.3, 0.4) is 0 Å². The van der Waals surface area contributed by atoms with Crippen LogP contribution in [0.25, 0.3) is 0 Å². The number of nitrogens with one attached hydrogen (secondary N) is 1. The second kappa shape index (κ2) is 12.4. The molecule has 0 aromatic heterocycles. The molecule has 1 N–H and O–H groups in total. The van der Waals surface area contributed by atoms with Crippen molar-refractivity contribution in [3.63, 3.8) is 0 Å². The molecule has 2 saturated heterocycles. The highest BCUT2D eigenvalue weighted by atomic mass is 35.5. The number of ether oxygens (including phenoxy) is 2. The van der Waals surface area contributed by atoms with Crippen LogP contribution in [0.4, 0.5) is 0 Å². The summed E-state index contributed by atoms with van der Waals surface area (Å²) in [7, 11) is 0. The van der Waals surface area contributed by atoms with E-state index in [1.165, 1.54) is 5.56 Å². The number of hydrogen-bond acceptors (Lipinski definition) is 4. The molecule has 2 aliphatic heterocycles. The Morgan fingerprint density at radius 2 is 1.90 bits per heavy atom. The van der Waals surface area contributed by atoms with Gasteiger partial charge in [-0.3, -0.25) is 9.89 Å². The minimum atomic E-state index is 0.370. The largest absolute Gasteiger partial charge is 0.381 e. The van der Waals surface area contributed by atoms with Gasteiger partial charge in [0.1, 0.15) is 0 Å². The zero-order valence-corrected chi connectivity index (χ0v) is 18.4. The first-order valence-electron chi connectivity index (χ1n) is 10.9. The zero-order valence-electron chi connectivity index (χ0n) is 17.6. The van der Waals surface area contributed by atoms with E-state index in [2.05, 4.69) is 34.2 Å². The lowest BCUT2D eigenvalue weighted by atomic mass is 10.1. The molecule has 6 nitrogen and oxygen atoms in total. The van der Waals surface area contributed by atoms with E-state index in [0.717, 1.165) is 95.9 Å². The minimum Gasteiger partial charge on any atom is -0.381 e. The van der Waals surface area contributed by atoms with Crippen molar-refractivity contribution in [2.24, 2.45) is 4.99 Å². The summed E-state index contributed by atoms with van der Waals surface area (Å²) >= 11 is 5.99. The molecule has 0 bridgehead atoms. The van der Waals surface area contributed by atoms with E-state index in [9.17, 15) is 0 Å². The average molecular weight is 423 g/mol. The maximum absolute atomic E-state index is 5.99. The standard InChI is InChI=1S/C22H35ClN4O2/c1-2-24-22(25-10-3-15-29-21-8-16-28-17-9-21)27-13-11-26(12-14-27)18-19-4-6-20(23)7-5-19/h4-7,21H,2-3,8-18H2,1H3,(H,24,25). The Morgan fingerprint density at radius 3 is 2.59 bits per heavy atom. The molecule has 1 aromatic rings. The summed E-state index contributed by atoms with van der Waals surface area (Å²) in [5.74, 6) is 1.03. The van der Waals surface area contributed by atoms with Crippen molar-refractivity contribution in [1.82, 2.24) is 15.1 Å². The van der Waals surface area contributed by atoms with E-state index in [0.29, 0.717) is 6.10 Å². The van der Waals surface area contributed by atoms with Crippen molar-refractivity contribution >= 4 is 17.6 Å². The van der Waals surface area contributed by atoms with Gasteiger partial charge in [-0.25, -0.2) is 0 Å². The molecule has 0 atom stereocenters. The molecule has 0 unspecified atom stereocenters. The van der Waals surface area contributed by atoms with Crippen molar-refractivity contribution in [2.75, 3.05) is 59.1 Å². The summed E-state index contributed by atoms with van der Waals surface area (Å²) in [6.07, 6.45) is 3.37. The lowest BCUT2D eigenvalue weighted by Gasteiger charge is -2.36. The Hall–Kier alpha value is -1.34. The summed E-state index contributed by atoms with van der Waals surface area (Å²) in [5.41, 5.74) is 1.31. The number of guanidine groups is 1. The first kappa shape index (κ1) is 22.3. The van der Waals surface area contributed by atoms with Gasteiger partial charge in [0.25, 0.3) is 0 Å². The van der Waals surface area contributed by atoms with Gasteiger partial charge in [-0.05, 0) is 43.9 Å². The van der Waals surface area contributed by atoms with Crippen LogP contribution in [0.2, 0.25) is 5.02 Å². The number of piperazine rings is 1. The van der Waals surface area contributed by atoms with E-state index in [-0.39, 0.29) is 0 Å². The SMILES string of the molecule is CCNC(=NCCCOC1CCOCC1)N1CCN(Cc2ccc(Cl)cc2)CC1. The van der Waals surface area contributed by atoms with Gasteiger partial charge in [0.15, 0.2) is 5.96 Å². The second-order valence-electron chi connectivity index (χ2n) is 7.66. The van der Waals surface area contributed by atoms with Crippen molar-refractivity contribution in [2.45, 2.75) is 38.8 Å². The molecular weight excluding hydrogens is 388 g/mol. The molecule has 2 fully saturated rings. The van der Waals surface area contributed by atoms with Crippen LogP contribution in [0.1, 0.15) is 31.7 Å². The average Bonchev–Trinajstić information content (AvgIpc) is 2.76. The van der Waals surface area contributed by atoms with Crippen molar-refractivity contribution in [1.29, 1.82) is 0 Å². The van der Waals surface area contributed by atoms with Gasteiger partial charge in [-0.2, -0.15) is 0 Å². The van der Waals surface area contributed by atoms with Gasteiger partial charge in [0.05, 0.1) is 6.10 Å². The second-order valence-corrected chi connectivity index (χ2v) is 8.10. The third kappa shape index (κ3) is 7.78. The molecule has 29 heavy (non-hydrogen) atoms. The predicted molar refractivity (Wildman–Crippen MR) is 119 cm³/mol. The highest BCUT2D eigenvalue weighted by Crippen LogP contribution is 2.13. The van der Waals surface area contributed by atoms with E-state index >= 15 is 0 Å². The highest BCUT2D eigenvalue weighted by Gasteiger charge is 2.19. The Morgan fingerprint density at radius 1 is 1.17 bits per heavy atom. The summed E-state index contributed by atoms with van der Waals surface area (Å²) in [6, 6.07) is 8.16. The van der Waals surface area contributed by atoms with Crippen molar-refractivity contribution in [3.8, 4) is 0 Å². The Labute approximate surface area is 180 Å². The van der Waals surface area contributed by atoms with Gasteiger partial charge in [-0.15, -0.1) is 0 Å².